The molecule has 2 atom stereocenters. The molecule has 100 valence electrons. The van der Waals surface area contributed by atoms with Crippen LogP contribution in [-0.4, -0.2) is 30.9 Å². The number of aryl methyl sites for hydroxylation is 1. The van der Waals surface area contributed by atoms with Crippen LogP contribution in [0.25, 0.3) is 0 Å². The van der Waals surface area contributed by atoms with Crippen LogP contribution < -0.4 is 5.32 Å². The molecule has 1 saturated carbocycles. The maximum atomic E-state index is 11.7. The Kier molecular flexibility index (Phi) is 3.82. The smallest absolute Gasteiger partial charge is 0.152 e. The van der Waals surface area contributed by atoms with Gasteiger partial charge in [0.05, 0.1) is 16.6 Å². The molecule has 0 aromatic carbocycles. The molecule has 0 radical (unpaired) electrons. The summed E-state index contributed by atoms with van der Waals surface area (Å²) in [5.74, 6) is 0. The average Bonchev–Trinajstić information content (AvgIpc) is 2.70. The van der Waals surface area contributed by atoms with E-state index in [2.05, 4.69) is 10.3 Å². The van der Waals surface area contributed by atoms with Gasteiger partial charge in [0, 0.05) is 12.3 Å². The third-order valence-electron chi connectivity index (χ3n) is 3.40. The van der Waals surface area contributed by atoms with E-state index in [1.807, 2.05) is 13.0 Å². The molecule has 0 aliphatic heterocycles. The molecule has 2 rings (SSSR count). The van der Waals surface area contributed by atoms with Gasteiger partial charge >= 0.3 is 0 Å². The molecule has 1 N–H and O–H groups in total. The van der Waals surface area contributed by atoms with Crippen LogP contribution in [0.4, 0.5) is 5.69 Å². The van der Waals surface area contributed by atoms with Crippen LogP contribution in [0.3, 0.4) is 0 Å². The first-order valence-electron chi connectivity index (χ1n) is 5.96. The second-order valence-electron chi connectivity index (χ2n) is 4.82. The van der Waals surface area contributed by atoms with Gasteiger partial charge in [0.15, 0.2) is 9.84 Å². The molecule has 4 nitrogen and oxygen atoms in total. The molecule has 1 heterocycles. The van der Waals surface area contributed by atoms with Crippen LogP contribution in [0, 0.1) is 6.92 Å². The molecule has 1 aliphatic carbocycles. The lowest BCUT2D eigenvalue weighted by atomic mass is 10.2. The summed E-state index contributed by atoms with van der Waals surface area (Å²) in [7, 11) is -3.00. The van der Waals surface area contributed by atoms with Gasteiger partial charge in [-0.3, -0.25) is 0 Å². The Labute approximate surface area is 113 Å². The Morgan fingerprint density at radius 3 is 2.72 bits per heavy atom. The second-order valence-corrected chi connectivity index (χ2v) is 7.47. The minimum Gasteiger partial charge on any atom is -0.380 e. The van der Waals surface area contributed by atoms with Gasteiger partial charge in [-0.15, -0.1) is 0 Å². The lowest BCUT2D eigenvalue weighted by molar-refractivity contribution is 0.579. The van der Waals surface area contributed by atoms with Crippen molar-refractivity contribution < 1.29 is 8.42 Å². The van der Waals surface area contributed by atoms with Crippen molar-refractivity contribution in [3.05, 3.63) is 23.0 Å². The van der Waals surface area contributed by atoms with Crippen LogP contribution in [0.1, 0.15) is 25.0 Å². The number of pyridine rings is 1. The van der Waals surface area contributed by atoms with E-state index in [1.54, 1.807) is 6.07 Å². The summed E-state index contributed by atoms with van der Waals surface area (Å²) in [6.07, 6.45) is 3.86. The Morgan fingerprint density at radius 2 is 2.11 bits per heavy atom. The number of sulfone groups is 1. The summed E-state index contributed by atoms with van der Waals surface area (Å²) in [6.45, 7) is 1.86. The van der Waals surface area contributed by atoms with Crippen LogP contribution >= 0.6 is 11.6 Å². The molecule has 1 fully saturated rings. The van der Waals surface area contributed by atoms with Gasteiger partial charge in [0.2, 0.25) is 0 Å². The summed E-state index contributed by atoms with van der Waals surface area (Å²) < 4.78 is 23.4. The predicted molar refractivity (Wildman–Crippen MR) is 73.9 cm³/mol. The highest BCUT2D eigenvalue weighted by atomic mass is 35.5. The van der Waals surface area contributed by atoms with E-state index in [0.29, 0.717) is 5.15 Å². The number of halogens is 1. The zero-order valence-corrected chi connectivity index (χ0v) is 12.1. The van der Waals surface area contributed by atoms with Crippen LogP contribution in [-0.2, 0) is 9.84 Å². The highest BCUT2D eigenvalue weighted by Crippen LogP contribution is 2.29. The van der Waals surface area contributed by atoms with Crippen molar-refractivity contribution in [2.45, 2.75) is 37.5 Å². The van der Waals surface area contributed by atoms with Gasteiger partial charge in [-0.2, -0.15) is 0 Å². The molecule has 1 aliphatic rings. The number of nitrogens with zero attached hydrogens (tertiary/aromatic N) is 1. The monoisotopic (exact) mass is 288 g/mol. The Balaban J connectivity index is 2.18. The van der Waals surface area contributed by atoms with E-state index < -0.39 is 9.84 Å². The predicted octanol–water partition coefficient (Wildman–Crippen LogP) is 2.42. The number of anilines is 1. The topological polar surface area (TPSA) is 59.1 Å². The number of aromatic nitrogens is 1. The van der Waals surface area contributed by atoms with E-state index in [1.165, 1.54) is 6.26 Å². The Morgan fingerprint density at radius 1 is 1.39 bits per heavy atom. The van der Waals surface area contributed by atoms with E-state index in [-0.39, 0.29) is 11.3 Å². The quantitative estimate of drug-likeness (QED) is 0.868. The van der Waals surface area contributed by atoms with E-state index >= 15 is 0 Å². The lowest BCUT2D eigenvalue weighted by Crippen LogP contribution is -2.34. The Bertz CT molecular complexity index is 545. The summed E-state index contributed by atoms with van der Waals surface area (Å²) in [5.41, 5.74) is 1.65. The molecule has 6 heteroatoms. The standard InChI is InChI=1S/C12H17ClN2O2S/c1-8-9(6-7-12(13)14-8)15-10-4-3-5-11(10)18(2,16)17/h6-7,10-11,15H,3-5H2,1-2H3. The highest BCUT2D eigenvalue weighted by molar-refractivity contribution is 7.91. The van der Waals surface area contributed by atoms with Crippen molar-refractivity contribution in [3.63, 3.8) is 0 Å². The minimum atomic E-state index is -3.00. The van der Waals surface area contributed by atoms with Gasteiger partial charge in [-0.1, -0.05) is 11.6 Å². The molecule has 0 saturated heterocycles. The summed E-state index contributed by atoms with van der Waals surface area (Å²) in [6, 6.07) is 3.53. The minimum absolute atomic E-state index is 0.0262. The fourth-order valence-corrected chi connectivity index (χ4v) is 4.07. The molecule has 0 spiro atoms. The first-order valence-corrected chi connectivity index (χ1v) is 8.30. The average molecular weight is 289 g/mol. The van der Waals surface area contributed by atoms with Crippen molar-refractivity contribution in [3.8, 4) is 0 Å². The highest BCUT2D eigenvalue weighted by Gasteiger charge is 2.34. The molecular weight excluding hydrogens is 272 g/mol. The van der Waals surface area contributed by atoms with Crippen molar-refractivity contribution >= 4 is 27.1 Å². The first kappa shape index (κ1) is 13.6. The molecule has 2 unspecified atom stereocenters. The SMILES string of the molecule is Cc1nc(Cl)ccc1NC1CCCC1S(C)(=O)=O. The summed E-state index contributed by atoms with van der Waals surface area (Å²) >= 11 is 5.80. The normalized spacial score (nSPS) is 24.2. The summed E-state index contributed by atoms with van der Waals surface area (Å²) in [4.78, 5) is 4.16. The van der Waals surface area contributed by atoms with E-state index in [9.17, 15) is 8.42 Å². The second kappa shape index (κ2) is 5.05. The molecule has 0 bridgehead atoms. The first-order chi connectivity index (χ1) is 8.38. The van der Waals surface area contributed by atoms with Gasteiger partial charge in [0.1, 0.15) is 5.15 Å². The van der Waals surface area contributed by atoms with Crippen molar-refractivity contribution in [1.29, 1.82) is 0 Å². The zero-order chi connectivity index (χ0) is 13.3. The van der Waals surface area contributed by atoms with Crippen LogP contribution in [0.15, 0.2) is 12.1 Å². The molecule has 1 aromatic heterocycles. The van der Waals surface area contributed by atoms with Gasteiger partial charge < -0.3 is 5.32 Å². The van der Waals surface area contributed by atoms with E-state index in [0.717, 1.165) is 30.6 Å². The van der Waals surface area contributed by atoms with Crippen molar-refractivity contribution in [1.82, 2.24) is 4.98 Å². The molecule has 1 aromatic rings. The fraction of sp³-hybridized carbons (Fsp3) is 0.583. The van der Waals surface area contributed by atoms with Gasteiger partial charge in [-0.05, 0) is 38.3 Å². The number of nitrogens with one attached hydrogen (secondary N) is 1. The molecule has 0 amide bonds. The lowest BCUT2D eigenvalue weighted by Gasteiger charge is -2.21. The maximum absolute atomic E-state index is 11.7. The number of hydrogen-bond acceptors (Lipinski definition) is 4. The zero-order valence-electron chi connectivity index (χ0n) is 10.5. The largest absolute Gasteiger partial charge is 0.380 e. The van der Waals surface area contributed by atoms with Crippen LogP contribution in [0.5, 0.6) is 0 Å². The van der Waals surface area contributed by atoms with E-state index in [4.69, 9.17) is 11.6 Å². The van der Waals surface area contributed by atoms with Crippen molar-refractivity contribution in [2.75, 3.05) is 11.6 Å². The van der Waals surface area contributed by atoms with Gasteiger partial charge in [-0.25, -0.2) is 13.4 Å². The number of hydrogen-bond donors (Lipinski definition) is 1. The molecular formula is C12H17ClN2O2S. The van der Waals surface area contributed by atoms with Crippen LogP contribution in [0.2, 0.25) is 5.15 Å². The summed E-state index contributed by atoms with van der Waals surface area (Å²) in [5, 5.41) is 3.44. The fourth-order valence-electron chi connectivity index (χ4n) is 2.49. The molecule has 18 heavy (non-hydrogen) atoms. The third-order valence-corrected chi connectivity index (χ3v) is 5.27. The third kappa shape index (κ3) is 2.95. The van der Waals surface area contributed by atoms with Crippen molar-refractivity contribution in [2.24, 2.45) is 0 Å². The Hall–Kier alpha value is -0.810. The number of rotatable bonds is 3. The van der Waals surface area contributed by atoms with Gasteiger partial charge in [0.25, 0.3) is 0 Å². The maximum Gasteiger partial charge on any atom is 0.152 e.